The van der Waals surface area contributed by atoms with Gasteiger partial charge in [0.15, 0.2) is 0 Å². The Morgan fingerprint density at radius 1 is 0.576 bits per heavy atom. The van der Waals surface area contributed by atoms with Crippen LogP contribution in [0.4, 0.5) is 0 Å². The summed E-state index contributed by atoms with van der Waals surface area (Å²) < 4.78 is 0. The number of hydrogen-bond donors (Lipinski definition) is 0. The molecule has 3 aromatic rings. The van der Waals surface area contributed by atoms with Gasteiger partial charge in [-0.05, 0) is 32.1 Å². The molecule has 5 radical (unpaired) electrons. The first-order valence-corrected chi connectivity index (χ1v) is 14.2. The molecule has 0 bridgehead atoms. The monoisotopic (exact) mass is 623 g/mol. The summed E-state index contributed by atoms with van der Waals surface area (Å²) in [6, 6.07) is 31.4. The minimum absolute atomic E-state index is 0. The van der Waals surface area contributed by atoms with Gasteiger partial charge in [-0.2, -0.15) is 0 Å². The van der Waals surface area contributed by atoms with Crippen molar-refractivity contribution in [3.63, 3.8) is 0 Å². The van der Waals surface area contributed by atoms with Gasteiger partial charge in [-0.25, -0.2) is 0 Å². The quantitative estimate of drug-likeness (QED) is 0.166. The predicted molar refractivity (Wildman–Crippen MR) is 141 cm³/mol. The van der Waals surface area contributed by atoms with E-state index in [4.69, 9.17) is 10.5 Å². The molecular weight excluding hydrogens is 590 g/mol. The number of rotatable bonds is 3. The zero-order valence-electron chi connectivity index (χ0n) is 19.7. The number of nitrogens with zero attached hydrogens (tertiary/aromatic N) is 1. The molecule has 4 heteroatoms. The van der Waals surface area contributed by atoms with E-state index >= 15 is 0 Å². The van der Waals surface area contributed by atoms with Crippen molar-refractivity contribution in [2.24, 2.45) is 0 Å². The summed E-state index contributed by atoms with van der Waals surface area (Å²) in [7, 11) is -0.861. The van der Waals surface area contributed by atoms with Crippen LogP contribution >= 0.6 is 0 Å². The summed E-state index contributed by atoms with van der Waals surface area (Å²) in [5.41, 5.74) is 9.00. The van der Waals surface area contributed by atoms with Crippen LogP contribution in [0.3, 0.4) is 0 Å². The zero-order valence-corrected chi connectivity index (χ0v) is 23.7. The maximum absolute atomic E-state index is 7.25. The average Bonchev–Trinajstić information content (AvgIpc) is 3.41. The minimum atomic E-state index is -0.861. The van der Waals surface area contributed by atoms with Crippen molar-refractivity contribution in [1.82, 2.24) is 0 Å². The fraction of sp³-hybridized carbons (Fsp3) is 0.138. The average molecular weight is 624 g/mol. The van der Waals surface area contributed by atoms with Gasteiger partial charge in [-0.15, -0.1) is 8.07 Å². The third-order valence-corrected chi connectivity index (χ3v) is 4.36. The Morgan fingerprint density at radius 2 is 0.758 bits per heavy atom. The van der Waals surface area contributed by atoms with Crippen LogP contribution in [0.2, 0.25) is 19.6 Å². The van der Waals surface area contributed by atoms with Crippen molar-refractivity contribution in [3.8, 4) is 0 Å². The standard InChI is InChI=1S/C20H17.C5H5.C4H11Si.NO.W/c1-20(17-11-5-2-6-12-17,18-13-7-3-8-14-18)19-15-9-4-10-16-19;1-2-4-5-3-1;1-5(2,3)4;1-2;/h2-16H,1H2;1-5H;1H2,2-4H3;;/q-1;;2*-1;. The number of hydrogen-bond acceptors (Lipinski definition) is 1. The van der Waals surface area contributed by atoms with Gasteiger partial charge >= 0.3 is 0 Å². The van der Waals surface area contributed by atoms with Gasteiger partial charge in [0.2, 0.25) is 0 Å². The molecule has 0 heterocycles. The zero-order chi connectivity index (χ0) is 23.9. The minimum Gasteiger partial charge on any atom is -0.577 e. The second kappa shape index (κ2) is 16.7. The Labute approximate surface area is 217 Å². The molecule has 0 spiro atoms. The maximum Gasteiger partial charge on any atom is 0 e. The van der Waals surface area contributed by atoms with Gasteiger partial charge < -0.3 is 24.0 Å². The van der Waals surface area contributed by atoms with E-state index in [0.29, 0.717) is 0 Å². The molecule has 4 rings (SSSR count). The Morgan fingerprint density at radius 3 is 0.939 bits per heavy atom. The first kappa shape index (κ1) is 31.2. The van der Waals surface area contributed by atoms with Crippen molar-refractivity contribution in [1.29, 1.82) is 0 Å². The van der Waals surface area contributed by atoms with Gasteiger partial charge in [-0.1, -0.05) is 133 Å². The van der Waals surface area contributed by atoms with E-state index < -0.39 is 8.07 Å². The molecule has 0 aromatic heterocycles. The smallest absolute Gasteiger partial charge is 0 e. The fourth-order valence-corrected chi connectivity index (χ4v) is 2.99. The normalized spacial score (nSPS) is 12.4. The topological polar surface area (TPSA) is 39.4 Å². The van der Waals surface area contributed by atoms with Crippen molar-refractivity contribution in [2.75, 3.05) is 0 Å². The van der Waals surface area contributed by atoms with Crippen molar-refractivity contribution in [3.05, 3.63) is 164 Å². The third-order valence-electron chi connectivity index (χ3n) is 4.36. The molecule has 0 saturated heterocycles. The molecule has 0 amide bonds. The van der Waals surface area contributed by atoms with Crippen LogP contribution < -0.4 is 0 Å². The van der Waals surface area contributed by atoms with Crippen molar-refractivity contribution in [2.45, 2.75) is 25.1 Å². The van der Waals surface area contributed by atoms with Crippen molar-refractivity contribution >= 4 is 8.07 Å². The molecular formula is C29H33NOSiW-3. The molecule has 0 atom stereocenters. The van der Waals surface area contributed by atoms with Crippen LogP contribution in [-0.2, 0) is 26.5 Å². The van der Waals surface area contributed by atoms with Gasteiger partial charge in [0.05, 0.1) is 0 Å². The van der Waals surface area contributed by atoms with Crippen LogP contribution in [0.25, 0.3) is 5.59 Å². The van der Waals surface area contributed by atoms with Gasteiger partial charge in [0.1, 0.15) is 0 Å². The second-order valence-electron chi connectivity index (χ2n) is 8.53. The van der Waals surface area contributed by atoms with E-state index in [2.05, 4.69) is 106 Å². The van der Waals surface area contributed by atoms with Crippen LogP contribution in [0.15, 0.2) is 91.0 Å². The molecule has 3 aromatic carbocycles. The molecule has 2 nitrogen and oxygen atoms in total. The summed E-state index contributed by atoms with van der Waals surface area (Å²) in [6.45, 7) is 15.1. The largest absolute Gasteiger partial charge is 0.577 e. The summed E-state index contributed by atoms with van der Waals surface area (Å²) in [6.07, 6.45) is 10.0. The molecule has 1 saturated carbocycles. The summed E-state index contributed by atoms with van der Waals surface area (Å²) in [5, 5.41) is 0. The number of benzene rings is 3. The van der Waals surface area contributed by atoms with Crippen LogP contribution in [-0.4, -0.2) is 8.07 Å². The third kappa shape index (κ3) is 11.7. The predicted octanol–water partition coefficient (Wildman–Crippen LogP) is 7.89. The molecule has 0 unspecified atom stereocenters. The Kier molecular flexibility index (Phi) is 15.8. The summed E-state index contributed by atoms with van der Waals surface area (Å²) >= 11 is 0. The second-order valence-corrected chi connectivity index (χ2v) is 13.6. The van der Waals surface area contributed by atoms with E-state index in [1.54, 1.807) is 0 Å². The Hall–Kier alpha value is -1.83. The summed E-state index contributed by atoms with van der Waals surface area (Å²) in [5.74, 6) is 0. The Balaban J connectivity index is 0.000000655. The van der Waals surface area contributed by atoms with E-state index in [1.165, 1.54) is 16.7 Å². The van der Waals surface area contributed by atoms with Gasteiger partial charge in [0, 0.05) is 21.1 Å². The van der Waals surface area contributed by atoms with Gasteiger partial charge in [0.25, 0.3) is 0 Å². The molecule has 1 aliphatic rings. The first-order chi connectivity index (χ1) is 15.3. The van der Waals surface area contributed by atoms with E-state index in [0.717, 1.165) is 0 Å². The first-order valence-electron chi connectivity index (χ1n) is 10.5. The summed E-state index contributed by atoms with van der Waals surface area (Å²) in [4.78, 5) is 7.25. The molecule has 0 N–H and O–H groups in total. The molecule has 173 valence electrons. The SMILES string of the molecule is [CH2-]C(c1ccccc1)(c1ccccc1)c1ccccc1.[CH2-][Si](C)(C)C.[CH]1[CH][CH][CH][CH]1.[N-]=O.[W]. The molecule has 33 heavy (non-hydrogen) atoms. The Bertz CT molecular complexity index is 737. The van der Waals surface area contributed by atoms with Crippen LogP contribution in [0.1, 0.15) is 16.7 Å². The van der Waals surface area contributed by atoms with Crippen LogP contribution in [0, 0.1) is 50.5 Å². The maximum atomic E-state index is 7.25. The molecule has 0 aliphatic heterocycles. The van der Waals surface area contributed by atoms with E-state index in [9.17, 15) is 0 Å². The fourth-order valence-electron chi connectivity index (χ4n) is 2.99. The molecule has 1 fully saturated rings. The number of nitroso groups, excluding NO2 is 1. The van der Waals surface area contributed by atoms with Gasteiger partial charge in [-0.3, -0.25) is 0 Å². The van der Waals surface area contributed by atoms with Crippen LogP contribution in [0.5, 0.6) is 0 Å². The van der Waals surface area contributed by atoms with E-state index in [-0.39, 0.29) is 26.5 Å². The molecule has 1 aliphatic carbocycles. The van der Waals surface area contributed by atoms with E-state index in [1.807, 2.05) is 50.3 Å². The van der Waals surface area contributed by atoms with Crippen molar-refractivity contribution < 1.29 is 21.1 Å².